The van der Waals surface area contributed by atoms with Crippen molar-refractivity contribution in [1.82, 2.24) is 15.1 Å². The van der Waals surface area contributed by atoms with Gasteiger partial charge >= 0.3 is 0 Å². The molecule has 152 valence electrons. The van der Waals surface area contributed by atoms with Gasteiger partial charge in [0.05, 0.1) is 11.8 Å². The first-order chi connectivity index (χ1) is 14.0. The number of carbonyl (C=O) groups excluding carboxylic acids is 1. The summed E-state index contributed by atoms with van der Waals surface area (Å²) in [6.07, 6.45) is 7.84. The van der Waals surface area contributed by atoms with Crippen LogP contribution >= 0.6 is 11.3 Å². The van der Waals surface area contributed by atoms with Gasteiger partial charge in [-0.3, -0.25) is 9.89 Å². The summed E-state index contributed by atoms with van der Waals surface area (Å²) in [5.74, 6) is 0.103. The number of hydrogen-bond acceptors (Lipinski definition) is 5. The highest BCUT2D eigenvalue weighted by Gasteiger charge is 2.46. The number of ketones is 1. The lowest BCUT2D eigenvalue weighted by Crippen LogP contribution is -2.47. The van der Waals surface area contributed by atoms with E-state index in [1.165, 1.54) is 12.8 Å². The fraction of sp³-hybridized carbons (Fsp3) is 0.391. The molecule has 2 aliphatic heterocycles. The molecule has 6 heteroatoms. The van der Waals surface area contributed by atoms with Gasteiger partial charge in [-0.05, 0) is 51.3 Å². The number of fused-ring (bicyclic) bond motifs is 2. The molecule has 2 N–H and O–H groups in total. The van der Waals surface area contributed by atoms with Crippen molar-refractivity contribution in [3.8, 4) is 10.4 Å². The molecule has 2 unspecified atom stereocenters. The molecule has 0 saturated carbocycles. The summed E-state index contributed by atoms with van der Waals surface area (Å²) >= 11 is 1.55. The second-order valence-corrected chi connectivity index (χ2v) is 9.01. The number of thiophene rings is 1. The maximum Gasteiger partial charge on any atom is 0.160 e. The normalized spacial score (nSPS) is 26.0. The number of benzene rings is 1. The van der Waals surface area contributed by atoms with Crippen LogP contribution in [-0.2, 0) is 5.60 Å². The lowest BCUT2D eigenvalue weighted by Gasteiger charge is -2.42. The number of rotatable bonds is 3. The van der Waals surface area contributed by atoms with Crippen LogP contribution in [0.3, 0.4) is 0 Å². The van der Waals surface area contributed by atoms with E-state index in [1.54, 1.807) is 24.5 Å². The average molecular weight is 410 g/mol. The number of carbonyl (C=O) groups is 1. The molecule has 4 heterocycles. The molecule has 2 atom stereocenters. The third-order valence-corrected chi connectivity index (χ3v) is 7.21. The number of piperidine rings is 1. The van der Waals surface area contributed by atoms with E-state index in [-0.39, 0.29) is 5.78 Å². The topological polar surface area (TPSA) is 69.2 Å². The highest BCUT2D eigenvalue weighted by molar-refractivity contribution is 7.13. The summed E-state index contributed by atoms with van der Waals surface area (Å²) in [7, 11) is 2.20. The highest BCUT2D eigenvalue weighted by Crippen LogP contribution is 2.44. The minimum absolute atomic E-state index is 0.103. The summed E-state index contributed by atoms with van der Waals surface area (Å²) in [6.45, 7) is 1.57. The predicted octanol–water partition coefficient (Wildman–Crippen LogP) is 4.47. The standard InChI is InChI=1S/C14H19NO.C9H8N2OS/c1-15-12-7-8-13(15)10-14(16,9-12)11-5-3-2-4-6-11;1-6(12)7-2-9(13-5-7)8-3-10-11-4-8/h2-6,12-13,16H,7-10H2,1H3;2-5H,1H3,(H,10,11). The van der Waals surface area contributed by atoms with E-state index >= 15 is 0 Å². The van der Waals surface area contributed by atoms with Crippen LogP contribution in [0.4, 0.5) is 0 Å². The molecule has 5 nitrogen and oxygen atoms in total. The number of nitrogens with one attached hydrogen (secondary N) is 1. The number of Topliss-reactive ketones (excluding diaryl/α,β-unsaturated/α-hetero) is 1. The Morgan fingerprint density at radius 2 is 1.93 bits per heavy atom. The number of nitrogens with zero attached hydrogens (tertiary/aromatic N) is 2. The molecule has 0 aliphatic carbocycles. The van der Waals surface area contributed by atoms with Gasteiger partial charge in [0.25, 0.3) is 0 Å². The molecule has 2 saturated heterocycles. The Hall–Kier alpha value is -2.28. The Bertz CT molecular complexity index is 938. The van der Waals surface area contributed by atoms with E-state index in [0.29, 0.717) is 12.1 Å². The molecule has 29 heavy (non-hydrogen) atoms. The molecule has 0 amide bonds. The van der Waals surface area contributed by atoms with Gasteiger partial charge in [0.15, 0.2) is 5.78 Å². The van der Waals surface area contributed by atoms with E-state index < -0.39 is 5.60 Å². The van der Waals surface area contributed by atoms with E-state index in [0.717, 1.165) is 34.4 Å². The van der Waals surface area contributed by atoms with Gasteiger partial charge in [-0.2, -0.15) is 5.10 Å². The molecule has 3 aromatic rings. The molecule has 5 rings (SSSR count). The van der Waals surface area contributed by atoms with Gasteiger partial charge in [-0.15, -0.1) is 11.3 Å². The summed E-state index contributed by atoms with van der Waals surface area (Å²) in [6, 6.07) is 13.2. The molecule has 0 spiro atoms. The largest absolute Gasteiger partial charge is 0.385 e. The summed E-state index contributed by atoms with van der Waals surface area (Å²) in [5, 5.41) is 19.3. The smallest absolute Gasteiger partial charge is 0.160 e. The van der Waals surface area contributed by atoms with Crippen molar-refractivity contribution >= 4 is 17.1 Å². The third-order valence-electron chi connectivity index (χ3n) is 6.23. The minimum Gasteiger partial charge on any atom is -0.385 e. The van der Waals surface area contributed by atoms with Crippen LogP contribution in [-0.4, -0.2) is 45.1 Å². The Balaban J connectivity index is 0.000000145. The Kier molecular flexibility index (Phi) is 5.67. The zero-order chi connectivity index (χ0) is 20.4. The van der Waals surface area contributed by atoms with Crippen molar-refractivity contribution in [3.05, 3.63) is 65.3 Å². The molecular formula is C23H27N3O2S. The Labute approximate surface area is 175 Å². The summed E-state index contributed by atoms with van der Waals surface area (Å²) in [5.41, 5.74) is 2.30. The maximum atomic E-state index is 11.0. The van der Waals surface area contributed by atoms with Crippen LogP contribution in [0.25, 0.3) is 10.4 Å². The van der Waals surface area contributed by atoms with Crippen molar-refractivity contribution in [3.63, 3.8) is 0 Å². The highest BCUT2D eigenvalue weighted by atomic mass is 32.1. The predicted molar refractivity (Wildman–Crippen MR) is 116 cm³/mol. The number of aromatic amines is 1. The van der Waals surface area contributed by atoms with E-state index in [2.05, 4.69) is 34.3 Å². The maximum absolute atomic E-state index is 11.0. The first kappa shape index (κ1) is 20.0. The van der Waals surface area contributed by atoms with Crippen LogP contribution in [0, 0.1) is 0 Å². The summed E-state index contributed by atoms with van der Waals surface area (Å²) < 4.78 is 0. The second kappa shape index (κ2) is 8.22. The molecule has 2 fully saturated rings. The molecular weight excluding hydrogens is 382 g/mol. The zero-order valence-corrected chi connectivity index (χ0v) is 17.7. The number of aromatic nitrogens is 2. The van der Waals surface area contributed by atoms with Gasteiger partial charge in [0.2, 0.25) is 0 Å². The van der Waals surface area contributed by atoms with E-state index in [1.807, 2.05) is 35.8 Å². The third kappa shape index (κ3) is 4.20. The fourth-order valence-electron chi connectivity index (χ4n) is 4.49. The van der Waals surface area contributed by atoms with Crippen LogP contribution in [0.1, 0.15) is 48.5 Å². The Morgan fingerprint density at radius 3 is 2.48 bits per heavy atom. The Morgan fingerprint density at radius 1 is 1.24 bits per heavy atom. The average Bonchev–Trinajstić information content (AvgIpc) is 3.45. The first-order valence-electron chi connectivity index (χ1n) is 10.0. The van der Waals surface area contributed by atoms with Crippen molar-refractivity contribution in [2.24, 2.45) is 0 Å². The quantitative estimate of drug-likeness (QED) is 0.626. The lowest BCUT2D eigenvalue weighted by atomic mass is 9.81. The molecule has 2 bridgehead atoms. The van der Waals surface area contributed by atoms with Gasteiger partial charge in [-0.25, -0.2) is 0 Å². The van der Waals surface area contributed by atoms with Crippen LogP contribution in [0.15, 0.2) is 54.2 Å². The minimum atomic E-state index is -0.584. The van der Waals surface area contributed by atoms with Crippen LogP contribution in [0.5, 0.6) is 0 Å². The van der Waals surface area contributed by atoms with Crippen LogP contribution in [0.2, 0.25) is 0 Å². The SMILES string of the molecule is CC(=O)c1csc(-c2cn[nH]c2)c1.CN1C2CCC1CC(O)(c1ccccc1)C2. The summed E-state index contributed by atoms with van der Waals surface area (Å²) in [4.78, 5) is 14.5. The van der Waals surface area contributed by atoms with Crippen LogP contribution < -0.4 is 0 Å². The molecule has 0 radical (unpaired) electrons. The number of aliphatic hydroxyl groups is 1. The van der Waals surface area contributed by atoms with Gasteiger partial charge in [-0.1, -0.05) is 30.3 Å². The first-order valence-corrected chi connectivity index (χ1v) is 10.9. The lowest BCUT2D eigenvalue weighted by molar-refractivity contribution is -0.0493. The number of H-pyrrole nitrogens is 1. The molecule has 1 aromatic carbocycles. The van der Waals surface area contributed by atoms with Gasteiger partial charge in [0, 0.05) is 39.7 Å². The molecule has 2 aliphatic rings. The number of hydrogen-bond donors (Lipinski definition) is 2. The molecule has 2 aromatic heterocycles. The van der Waals surface area contributed by atoms with E-state index in [9.17, 15) is 9.90 Å². The van der Waals surface area contributed by atoms with Crippen molar-refractivity contribution in [2.75, 3.05) is 7.05 Å². The monoisotopic (exact) mass is 409 g/mol. The van der Waals surface area contributed by atoms with Crippen molar-refractivity contribution in [1.29, 1.82) is 0 Å². The zero-order valence-electron chi connectivity index (χ0n) is 16.8. The van der Waals surface area contributed by atoms with Crippen molar-refractivity contribution in [2.45, 2.75) is 50.3 Å². The van der Waals surface area contributed by atoms with E-state index in [4.69, 9.17) is 0 Å². The fourth-order valence-corrected chi connectivity index (χ4v) is 5.42. The van der Waals surface area contributed by atoms with Crippen molar-refractivity contribution < 1.29 is 9.90 Å². The van der Waals surface area contributed by atoms with Gasteiger partial charge < -0.3 is 10.0 Å². The van der Waals surface area contributed by atoms with Gasteiger partial charge in [0.1, 0.15) is 0 Å². The second-order valence-electron chi connectivity index (χ2n) is 8.10.